The van der Waals surface area contributed by atoms with E-state index in [-0.39, 0.29) is 41.8 Å². The molecule has 1 aliphatic heterocycles. The van der Waals surface area contributed by atoms with Crippen LogP contribution in [0.4, 0.5) is 10.1 Å². The quantitative estimate of drug-likeness (QED) is 0.0952. The SMILES string of the molecule is COc1ccc(OC)c(C=Cc2ccc(N3C(=O)[C@H]4[C@H](CC=C5[C@H]4C[C@H]4C(=O)C(c6ccccc6)=CC(=O)[C@@]4(c4ccccc4)[C@H]5c4ccc(O)c(F)c4)C3=O)cc2)c1. The van der Waals surface area contributed by atoms with Crippen LogP contribution in [-0.4, -0.2) is 42.7 Å². The van der Waals surface area contributed by atoms with E-state index < -0.39 is 46.6 Å². The van der Waals surface area contributed by atoms with Crippen LogP contribution in [0.3, 0.4) is 0 Å². The van der Waals surface area contributed by atoms with Gasteiger partial charge in [0, 0.05) is 23.0 Å². The highest BCUT2D eigenvalue weighted by Gasteiger charge is 2.66. The Balaban J connectivity index is 1.12. The first-order chi connectivity index (χ1) is 28.6. The van der Waals surface area contributed by atoms with Gasteiger partial charge in [-0.25, -0.2) is 4.39 Å². The highest BCUT2D eigenvalue weighted by atomic mass is 19.1. The Morgan fingerprint density at radius 1 is 0.780 bits per heavy atom. The van der Waals surface area contributed by atoms with Gasteiger partial charge in [0.05, 0.1) is 37.2 Å². The van der Waals surface area contributed by atoms with Crippen molar-refractivity contribution in [1.82, 2.24) is 0 Å². The number of imide groups is 1. The Hall–Kier alpha value is -6.87. The molecule has 1 heterocycles. The summed E-state index contributed by atoms with van der Waals surface area (Å²) in [6.45, 7) is 0. The normalized spacial score (nSPS) is 24.9. The molecule has 1 N–H and O–H groups in total. The number of amides is 2. The van der Waals surface area contributed by atoms with Gasteiger partial charge in [0.25, 0.3) is 0 Å². The molecule has 2 fully saturated rings. The van der Waals surface area contributed by atoms with Gasteiger partial charge in [-0.2, -0.15) is 0 Å². The molecule has 294 valence electrons. The molecule has 9 rings (SSSR count). The number of hydrogen-bond donors (Lipinski definition) is 1. The zero-order valence-electron chi connectivity index (χ0n) is 32.4. The number of phenolic OH excluding ortho intramolecular Hbond substituents is 1. The average Bonchev–Trinajstić information content (AvgIpc) is 3.53. The minimum absolute atomic E-state index is 0.123. The molecule has 3 aliphatic carbocycles. The number of rotatable bonds is 8. The van der Waals surface area contributed by atoms with E-state index in [0.29, 0.717) is 39.4 Å². The molecular weight excluding hydrogens is 746 g/mol. The summed E-state index contributed by atoms with van der Waals surface area (Å²) in [5.74, 6) is -5.32. The van der Waals surface area contributed by atoms with Crippen LogP contribution in [0.5, 0.6) is 17.2 Å². The number of fused-ring (bicyclic) bond motifs is 4. The fourth-order valence-corrected chi connectivity index (χ4v) is 10.1. The number of nitrogens with zero attached hydrogens (tertiary/aromatic N) is 1. The van der Waals surface area contributed by atoms with Gasteiger partial charge in [-0.05, 0) is 89.6 Å². The number of anilines is 1. The minimum Gasteiger partial charge on any atom is -0.505 e. The molecule has 1 saturated heterocycles. The monoisotopic (exact) mass is 785 g/mol. The maximum atomic E-state index is 15.4. The molecule has 2 amide bonds. The lowest BCUT2D eigenvalue weighted by Gasteiger charge is -2.55. The van der Waals surface area contributed by atoms with Crippen molar-refractivity contribution in [3.63, 3.8) is 0 Å². The number of ether oxygens (including phenoxy) is 2. The van der Waals surface area contributed by atoms with Gasteiger partial charge < -0.3 is 14.6 Å². The van der Waals surface area contributed by atoms with Gasteiger partial charge in [-0.3, -0.25) is 24.1 Å². The molecule has 6 atom stereocenters. The zero-order chi connectivity index (χ0) is 41.0. The first-order valence-corrected chi connectivity index (χ1v) is 19.6. The number of carbonyl (C=O) groups is 4. The van der Waals surface area contributed by atoms with E-state index in [1.807, 2.05) is 85.0 Å². The summed E-state index contributed by atoms with van der Waals surface area (Å²) in [6, 6.07) is 34.9. The fourth-order valence-electron chi connectivity index (χ4n) is 10.1. The van der Waals surface area contributed by atoms with Gasteiger partial charge in [-0.15, -0.1) is 0 Å². The maximum Gasteiger partial charge on any atom is 0.238 e. The second-order valence-electron chi connectivity index (χ2n) is 15.5. The van der Waals surface area contributed by atoms with Gasteiger partial charge in [-0.1, -0.05) is 103 Å². The van der Waals surface area contributed by atoms with Gasteiger partial charge >= 0.3 is 0 Å². The Bertz CT molecular complexity index is 2620. The summed E-state index contributed by atoms with van der Waals surface area (Å²) in [7, 11) is 3.19. The summed E-state index contributed by atoms with van der Waals surface area (Å²) in [5, 5.41) is 10.3. The van der Waals surface area contributed by atoms with Crippen molar-refractivity contribution in [2.45, 2.75) is 24.2 Å². The van der Waals surface area contributed by atoms with Crippen LogP contribution >= 0.6 is 0 Å². The number of hydrogen-bond acceptors (Lipinski definition) is 7. The van der Waals surface area contributed by atoms with Crippen molar-refractivity contribution < 1.29 is 38.1 Å². The smallest absolute Gasteiger partial charge is 0.238 e. The molecule has 0 spiro atoms. The lowest BCUT2D eigenvalue weighted by Crippen LogP contribution is -2.58. The van der Waals surface area contributed by atoms with E-state index >= 15 is 14.0 Å². The third-order valence-corrected chi connectivity index (χ3v) is 12.7. The summed E-state index contributed by atoms with van der Waals surface area (Å²) in [5.41, 5.74) is 3.15. The lowest BCUT2D eigenvalue weighted by atomic mass is 9.44. The fraction of sp³-hybridized carbons (Fsp3) is 0.200. The van der Waals surface area contributed by atoms with E-state index in [1.54, 1.807) is 56.7 Å². The zero-order valence-corrected chi connectivity index (χ0v) is 32.4. The summed E-state index contributed by atoms with van der Waals surface area (Å²) in [6.07, 6.45) is 7.51. The van der Waals surface area contributed by atoms with Crippen LogP contribution in [0.1, 0.15) is 46.6 Å². The molecule has 59 heavy (non-hydrogen) atoms. The highest BCUT2D eigenvalue weighted by molar-refractivity contribution is 6.32. The van der Waals surface area contributed by atoms with Crippen molar-refractivity contribution in [3.8, 4) is 17.2 Å². The van der Waals surface area contributed by atoms with Gasteiger partial charge in [0.15, 0.2) is 23.1 Å². The second kappa shape index (κ2) is 14.8. The van der Waals surface area contributed by atoms with E-state index in [1.165, 1.54) is 23.1 Å². The molecule has 5 aromatic rings. The Morgan fingerprint density at radius 2 is 1.51 bits per heavy atom. The third-order valence-electron chi connectivity index (χ3n) is 12.7. The number of aromatic hydroxyl groups is 1. The van der Waals surface area contributed by atoms with Crippen LogP contribution in [0.2, 0.25) is 0 Å². The van der Waals surface area contributed by atoms with Crippen molar-refractivity contribution in [1.29, 1.82) is 0 Å². The summed E-state index contributed by atoms with van der Waals surface area (Å²) in [4.78, 5) is 60.6. The van der Waals surface area contributed by atoms with Crippen molar-refractivity contribution in [2.24, 2.45) is 23.7 Å². The van der Waals surface area contributed by atoms with E-state index in [0.717, 1.165) is 11.1 Å². The van der Waals surface area contributed by atoms with Crippen LogP contribution in [-0.2, 0) is 24.6 Å². The highest BCUT2D eigenvalue weighted by Crippen LogP contribution is 2.64. The minimum atomic E-state index is -1.50. The van der Waals surface area contributed by atoms with Crippen molar-refractivity contribution in [3.05, 3.63) is 173 Å². The number of Topliss-reactive ketones (excluding diaryl/α,β-unsaturated/α-hetero) is 1. The summed E-state index contributed by atoms with van der Waals surface area (Å²) >= 11 is 0. The van der Waals surface area contributed by atoms with Crippen molar-refractivity contribution >= 4 is 46.8 Å². The van der Waals surface area contributed by atoms with Gasteiger partial charge in [0.1, 0.15) is 11.5 Å². The van der Waals surface area contributed by atoms with Crippen molar-refractivity contribution in [2.75, 3.05) is 19.1 Å². The molecule has 5 aromatic carbocycles. The van der Waals surface area contributed by atoms with E-state index in [9.17, 15) is 14.7 Å². The Kier molecular flexibility index (Phi) is 9.46. The maximum absolute atomic E-state index is 15.4. The van der Waals surface area contributed by atoms with E-state index in [2.05, 4.69) is 0 Å². The van der Waals surface area contributed by atoms with Crippen LogP contribution < -0.4 is 14.4 Å². The number of halogens is 1. The molecule has 9 heteroatoms. The molecule has 1 saturated carbocycles. The molecule has 8 nitrogen and oxygen atoms in total. The topological polar surface area (TPSA) is 110 Å². The Morgan fingerprint density at radius 3 is 2.20 bits per heavy atom. The summed E-state index contributed by atoms with van der Waals surface area (Å²) < 4.78 is 26.3. The predicted molar refractivity (Wildman–Crippen MR) is 222 cm³/mol. The molecule has 0 radical (unpaired) electrons. The lowest BCUT2D eigenvalue weighted by molar-refractivity contribution is -0.135. The van der Waals surface area contributed by atoms with Crippen LogP contribution in [0.25, 0.3) is 17.7 Å². The first kappa shape index (κ1) is 37.7. The van der Waals surface area contributed by atoms with E-state index in [4.69, 9.17) is 9.47 Å². The average molecular weight is 786 g/mol. The molecule has 0 bridgehead atoms. The second-order valence-corrected chi connectivity index (χ2v) is 15.5. The number of allylic oxidation sites excluding steroid dienone is 4. The molecular formula is C50H40FNO7. The number of ketones is 2. The predicted octanol–water partition coefficient (Wildman–Crippen LogP) is 8.75. The Labute approximate surface area is 340 Å². The first-order valence-electron chi connectivity index (χ1n) is 19.6. The number of benzene rings is 5. The largest absolute Gasteiger partial charge is 0.505 e. The van der Waals surface area contributed by atoms with Gasteiger partial charge in [0.2, 0.25) is 11.8 Å². The molecule has 4 aliphatic rings. The standard InChI is InChI=1S/C50H40FNO7/c1-58-35-20-24-43(59-2)31(25-35)16-13-29-14-18-34(19-15-29)52-48(56)37-22-21-36-39(45(37)49(52)57)27-40-47(55)38(30-9-5-3-6-10-30)28-44(54)50(40,33-11-7-4-8-12-33)46(36)32-17-23-42(53)41(51)26-32/h3-21,23-26,28,37,39-40,45-46,53H,22,27H2,1-2H3/t37-,39+,40-,45-,46-,50-/m0/s1. The van der Waals surface area contributed by atoms with Crippen LogP contribution in [0.15, 0.2) is 139 Å². The van der Waals surface area contributed by atoms with Crippen LogP contribution in [0, 0.1) is 29.5 Å². The number of carbonyl (C=O) groups excluding carboxylic acids is 4. The third kappa shape index (κ3) is 6.02. The molecule has 0 unspecified atom stereocenters. The molecule has 0 aromatic heterocycles. The number of phenols is 1. The number of methoxy groups -OCH3 is 2.